The maximum absolute atomic E-state index is 12.5. The van der Waals surface area contributed by atoms with E-state index in [1.807, 2.05) is 79.9 Å². The number of likely N-dealkylation sites (N-methyl/N-ethyl adjacent to an activating group) is 2. The Morgan fingerprint density at radius 3 is 1.56 bits per heavy atom. The van der Waals surface area contributed by atoms with Crippen LogP contribution in [0.25, 0.3) is 0 Å². The number of benzene rings is 2. The molecule has 264 valence electrons. The van der Waals surface area contributed by atoms with Gasteiger partial charge in [-0.15, -0.1) is 0 Å². The van der Waals surface area contributed by atoms with Gasteiger partial charge in [-0.25, -0.2) is 9.59 Å². The third kappa shape index (κ3) is 9.30. The van der Waals surface area contributed by atoms with Crippen LogP contribution in [-0.2, 0) is 31.9 Å². The molecule has 0 unspecified atom stereocenters. The van der Waals surface area contributed by atoms with E-state index in [4.69, 9.17) is 30.4 Å². The maximum atomic E-state index is 12.5. The minimum Gasteiger partial charge on any atom is -0.444 e. The zero-order valence-corrected chi connectivity index (χ0v) is 31.7. The number of anilines is 2. The average Bonchev–Trinajstić information content (AvgIpc) is 3.07. The lowest BCUT2D eigenvalue weighted by Gasteiger charge is -2.32. The van der Waals surface area contributed by atoms with Crippen LogP contribution in [0.4, 0.5) is 21.0 Å². The average molecular weight is 685 g/mol. The van der Waals surface area contributed by atoms with Crippen molar-refractivity contribution >= 4 is 47.7 Å². The van der Waals surface area contributed by atoms with Crippen molar-refractivity contribution in [1.29, 1.82) is 0 Å². The lowest BCUT2D eigenvalue weighted by Crippen LogP contribution is -2.41. The van der Waals surface area contributed by atoms with Crippen molar-refractivity contribution in [2.24, 2.45) is 0 Å². The van der Waals surface area contributed by atoms with Crippen LogP contribution in [0, 0.1) is 0 Å². The Morgan fingerprint density at radius 2 is 1.12 bits per heavy atom. The Balaban J connectivity index is 0.000000229. The molecule has 2 aromatic rings. The minimum atomic E-state index is -0.501. The summed E-state index contributed by atoms with van der Waals surface area (Å²) in [7, 11) is 3.66. The molecule has 5 rings (SSSR count). The predicted molar refractivity (Wildman–Crippen MR) is 193 cm³/mol. The van der Waals surface area contributed by atoms with Crippen LogP contribution in [-0.4, -0.2) is 91.8 Å². The molecule has 0 bridgehead atoms. The van der Waals surface area contributed by atoms with Gasteiger partial charge in [0.05, 0.1) is 24.3 Å². The van der Waals surface area contributed by atoms with Gasteiger partial charge in [0, 0.05) is 56.7 Å². The number of carbonyl (C=O) groups excluding carboxylic acids is 2. The number of hydrogen-bond donors (Lipinski definition) is 0. The SMILES string of the molecule is CN1CCN(C(=O)OC(C)(C)C)Cc2ccc(B3OC(C)(C)C(C)(C)O3)cc21.CN1CCN(C(=O)OC(C)(C)C)Cc2ccc(Cl)cc21. The number of ether oxygens (including phenoxy) is 2. The molecule has 0 spiro atoms. The van der Waals surface area contributed by atoms with Gasteiger partial charge in [-0.05, 0) is 104 Å². The Morgan fingerprint density at radius 1 is 0.708 bits per heavy atom. The molecule has 0 radical (unpaired) electrons. The van der Waals surface area contributed by atoms with Crippen LogP contribution in [0.2, 0.25) is 5.02 Å². The predicted octanol–water partition coefficient (Wildman–Crippen LogP) is 6.70. The van der Waals surface area contributed by atoms with Crippen molar-refractivity contribution in [2.45, 2.75) is 105 Å². The van der Waals surface area contributed by atoms with Gasteiger partial charge < -0.3 is 38.4 Å². The van der Waals surface area contributed by atoms with Gasteiger partial charge in [-0.1, -0.05) is 29.8 Å². The fourth-order valence-electron chi connectivity index (χ4n) is 5.54. The second-order valence-electron chi connectivity index (χ2n) is 15.9. The van der Waals surface area contributed by atoms with Gasteiger partial charge in [0.25, 0.3) is 0 Å². The fraction of sp³-hybridized carbons (Fsp3) is 0.611. The highest BCUT2D eigenvalue weighted by atomic mass is 35.5. The third-order valence-corrected chi connectivity index (χ3v) is 9.18. The zero-order chi connectivity index (χ0) is 35.8. The van der Waals surface area contributed by atoms with E-state index in [-0.39, 0.29) is 23.4 Å². The molecule has 1 saturated heterocycles. The summed E-state index contributed by atoms with van der Waals surface area (Å²) in [4.78, 5) is 32.6. The highest BCUT2D eigenvalue weighted by Crippen LogP contribution is 2.37. The molecule has 0 aliphatic carbocycles. The van der Waals surface area contributed by atoms with Crippen LogP contribution in [0.3, 0.4) is 0 Å². The van der Waals surface area contributed by atoms with E-state index in [1.54, 1.807) is 9.80 Å². The second-order valence-corrected chi connectivity index (χ2v) is 16.3. The summed E-state index contributed by atoms with van der Waals surface area (Å²) in [6.07, 6.45) is -0.544. The monoisotopic (exact) mass is 684 g/mol. The van der Waals surface area contributed by atoms with Gasteiger partial charge in [0.2, 0.25) is 0 Å². The van der Waals surface area contributed by atoms with E-state index in [0.717, 1.165) is 41.1 Å². The standard InChI is InChI=1S/C21H33BN2O4.C15H21ClN2O2/c1-19(2,3)26-18(25)24-12-11-23(8)17-13-16(10-9-15(17)14-24)22-27-20(4,5)21(6,7)28-22;1-15(2,3)20-14(19)18-8-7-17(4)13-9-12(16)6-5-11(13)10-18/h9-10,13H,11-12,14H2,1-8H3;5-6,9H,7-8,10H2,1-4H3. The smallest absolute Gasteiger partial charge is 0.444 e. The van der Waals surface area contributed by atoms with Gasteiger partial charge in [0.15, 0.2) is 0 Å². The molecular weight excluding hydrogens is 631 g/mol. The van der Waals surface area contributed by atoms with E-state index >= 15 is 0 Å². The Bertz CT molecular complexity index is 1470. The summed E-state index contributed by atoms with van der Waals surface area (Å²) in [5, 5.41) is 0.710. The summed E-state index contributed by atoms with van der Waals surface area (Å²) in [6, 6.07) is 12.0. The van der Waals surface area contributed by atoms with Crippen LogP contribution in [0.5, 0.6) is 0 Å². The quantitative estimate of drug-likeness (QED) is 0.307. The summed E-state index contributed by atoms with van der Waals surface area (Å²) in [6.45, 7) is 23.3. The maximum Gasteiger partial charge on any atom is 0.494 e. The van der Waals surface area contributed by atoms with Crippen LogP contribution in [0.1, 0.15) is 80.4 Å². The molecule has 0 saturated carbocycles. The molecule has 48 heavy (non-hydrogen) atoms. The first-order valence-electron chi connectivity index (χ1n) is 16.7. The number of nitrogens with zero attached hydrogens (tertiary/aromatic N) is 4. The third-order valence-electron chi connectivity index (χ3n) is 8.94. The molecule has 0 aromatic heterocycles. The van der Waals surface area contributed by atoms with E-state index < -0.39 is 18.3 Å². The first-order valence-corrected chi connectivity index (χ1v) is 17.1. The number of hydrogen-bond acceptors (Lipinski definition) is 8. The molecule has 12 heteroatoms. The van der Waals surface area contributed by atoms with Gasteiger partial charge in [-0.3, -0.25) is 0 Å². The molecule has 0 N–H and O–H groups in total. The zero-order valence-electron chi connectivity index (χ0n) is 30.9. The normalized spacial score (nSPS) is 19.0. The second kappa shape index (κ2) is 14.0. The van der Waals surface area contributed by atoms with Gasteiger partial charge >= 0.3 is 19.3 Å². The van der Waals surface area contributed by atoms with Crippen LogP contribution >= 0.6 is 11.6 Å². The van der Waals surface area contributed by atoms with E-state index in [9.17, 15) is 9.59 Å². The molecule has 3 aliphatic rings. The molecule has 3 heterocycles. The number of carbonyl (C=O) groups is 2. The molecule has 2 amide bonds. The minimum absolute atomic E-state index is 0.270. The van der Waals surface area contributed by atoms with E-state index in [1.165, 1.54) is 0 Å². The largest absolute Gasteiger partial charge is 0.494 e. The van der Waals surface area contributed by atoms with E-state index in [2.05, 4.69) is 49.6 Å². The summed E-state index contributed by atoms with van der Waals surface area (Å²) >= 11 is 6.05. The number of fused-ring (bicyclic) bond motifs is 2. The highest BCUT2D eigenvalue weighted by molar-refractivity contribution is 6.62. The van der Waals surface area contributed by atoms with Crippen molar-refractivity contribution in [1.82, 2.24) is 9.80 Å². The van der Waals surface area contributed by atoms with Crippen molar-refractivity contribution < 1.29 is 28.4 Å². The Kier molecular flexibility index (Phi) is 11.0. The van der Waals surface area contributed by atoms with Crippen LogP contribution < -0.4 is 15.3 Å². The van der Waals surface area contributed by atoms with Crippen molar-refractivity contribution in [2.75, 3.05) is 50.1 Å². The Hall–Kier alpha value is -3.15. The number of amides is 2. The summed E-state index contributed by atoms with van der Waals surface area (Å²) in [5.41, 5.74) is 3.62. The van der Waals surface area contributed by atoms with Gasteiger partial charge in [-0.2, -0.15) is 0 Å². The summed E-state index contributed by atoms with van der Waals surface area (Å²) < 4.78 is 23.4. The lowest BCUT2D eigenvalue weighted by atomic mass is 9.78. The molecule has 3 aliphatic heterocycles. The first kappa shape index (κ1) is 37.7. The van der Waals surface area contributed by atoms with Crippen molar-refractivity contribution in [3.8, 4) is 0 Å². The number of halogens is 1. The fourth-order valence-corrected chi connectivity index (χ4v) is 5.70. The molecule has 1 fully saturated rings. The molecular formula is C36H54BClN4O6. The summed E-state index contributed by atoms with van der Waals surface area (Å²) in [5.74, 6) is 0. The molecule has 10 nitrogen and oxygen atoms in total. The first-order chi connectivity index (χ1) is 22.0. The van der Waals surface area contributed by atoms with Crippen LogP contribution in [0.15, 0.2) is 36.4 Å². The van der Waals surface area contributed by atoms with Crippen molar-refractivity contribution in [3.63, 3.8) is 0 Å². The number of rotatable bonds is 1. The lowest BCUT2D eigenvalue weighted by molar-refractivity contribution is 0.00578. The Labute approximate surface area is 292 Å². The highest BCUT2D eigenvalue weighted by Gasteiger charge is 2.51. The topological polar surface area (TPSA) is 84.0 Å². The van der Waals surface area contributed by atoms with Crippen molar-refractivity contribution in [3.05, 3.63) is 52.5 Å². The molecule has 0 atom stereocenters. The van der Waals surface area contributed by atoms with E-state index in [0.29, 0.717) is 31.2 Å². The molecule has 2 aromatic carbocycles. The van der Waals surface area contributed by atoms with Gasteiger partial charge in [0.1, 0.15) is 11.2 Å².